The van der Waals surface area contributed by atoms with Crippen LogP contribution < -0.4 is 19.7 Å². The van der Waals surface area contributed by atoms with Gasteiger partial charge < -0.3 is 19.7 Å². The highest BCUT2D eigenvalue weighted by molar-refractivity contribution is 5.76. The molecule has 2 rings (SSSR count). The van der Waals surface area contributed by atoms with E-state index in [0.29, 0.717) is 31.2 Å². The van der Waals surface area contributed by atoms with Gasteiger partial charge in [-0.3, -0.25) is 4.79 Å². The molecule has 1 aliphatic rings. The first-order valence-corrected chi connectivity index (χ1v) is 8.65. The number of benzene rings is 1. The molecule has 5 heteroatoms. The molecule has 128 valence electrons. The van der Waals surface area contributed by atoms with E-state index in [1.807, 2.05) is 24.3 Å². The number of rotatable bonds is 7. The molecule has 1 saturated heterocycles. The highest BCUT2D eigenvalue weighted by Gasteiger charge is 2.15. The number of hydrogen-bond donors (Lipinski definition) is 2. The molecule has 2 N–H and O–H groups in total. The molecule has 0 saturated carbocycles. The lowest BCUT2D eigenvalue weighted by Crippen LogP contribution is -3.13. The lowest BCUT2D eigenvalue weighted by Gasteiger charge is -2.21. The van der Waals surface area contributed by atoms with Crippen molar-refractivity contribution in [2.45, 2.75) is 32.1 Å². The normalized spacial score (nSPS) is 16.2. The lowest BCUT2D eigenvalue weighted by molar-refractivity contribution is -0.893. The van der Waals surface area contributed by atoms with Gasteiger partial charge in [0, 0.05) is 0 Å². The summed E-state index contributed by atoms with van der Waals surface area (Å²) in [6.45, 7) is 3.77. The summed E-state index contributed by atoms with van der Waals surface area (Å²) in [5.41, 5.74) is 0. The summed E-state index contributed by atoms with van der Waals surface area (Å²) in [6, 6.07) is 7.53. The van der Waals surface area contributed by atoms with Crippen molar-refractivity contribution in [1.29, 1.82) is 0 Å². The molecule has 0 aliphatic carbocycles. The van der Waals surface area contributed by atoms with E-state index in [1.165, 1.54) is 37.0 Å². The van der Waals surface area contributed by atoms with Gasteiger partial charge in [0.05, 0.1) is 26.7 Å². The van der Waals surface area contributed by atoms with Crippen molar-refractivity contribution in [3.63, 3.8) is 0 Å². The molecule has 0 aromatic heterocycles. The minimum absolute atomic E-state index is 0.115. The predicted molar refractivity (Wildman–Crippen MR) is 90.1 cm³/mol. The fraction of sp³-hybridized carbons (Fsp3) is 0.611. The van der Waals surface area contributed by atoms with Crippen LogP contribution in [0.2, 0.25) is 0 Å². The number of likely N-dealkylation sites (tertiary alicyclic amines) is 1. The third kappa shape index (κ3) is 6.48. The summed E-state index contributed by atoms with van der Waals surface area (Å²) in [4.78, 5) is 13.4. The Labute approximate surface area is 139 Å². The summed E-state index contributed by atoms with van der Waals surface area (Å²) < 4.78 is 10.9. The van der Waals surface area contributed by atoms with Crippen molar-refractivity contribution in [3.8, 4) is 11.5 Å². The minimum atomic E-state index is 0.115. The fourth-order valence-electron chi connectivity index (χ4n) is 2.96. The smallest absolute Gasteiger partial charge is 0.275 e. The van der Waals surface area contributed by atoms with Crippen LogP contribution in [0, 0.1) is 0 Å². The minimum Gasteiger partial charge on any atom is -0.493 e. The summed E-state index contributed by atoms with van der Waals surface area (Å²) in [5, 5.41) is 2.95. The van der Waals surface area contributed by atoms with Gasteiger partial charge in [-0.15, -0.1) is 0 Å². The van der Waals surface area contributed by atoms with Gasteiger partial charge in [-0.2, -0.15) is 0 Å². The number of quaternary nitrogens is 1. The average molecular weight is 321 g/mol. The van der Waals surface area contributed by atoms with E-state index in [0.717, 1.165) is 13.1 Å². The van der Waals surface area contributed by atoms with Crippen LogP contribution in [-0.2, 0) is 4.79 Å². The summed E-state index contributed by atoms with van der Waals surface area (Å²) in [7, 11) is 1.62. The number of carbonyl (C=O) groups is 1. The van der Waals surface area contributed by atoms with Crippen LogP contribution in [0.1, 0.15) is 32.1 Å². The quantitative estimate of drug-likeness (QED) is 0.738. The van der Waals surface area contributed by atoms with Crippen LogP contribution in [0.4, 0.5) is 0 Å². The van der Waals surface area contributed by atoms with Crippen molar-refractivity contribution in [1.82, 2.24) is 5.32 Å². The van der Waals surface area contributed by atoms with Gasteiger partial charge in [-0.1, -0.05) is 18.6 Å². The molecule has 1 heterocycles. The maximum Gasteiger partial charge on any atom is 0.275 e. The summed E-state index contributed by atoms with van der Waals surface area (Å²) in [5.74, 6) is 1.53. The third-order valence-corrected chi connectivity index (χ3v) is 4.22. The van der Waals surface area contributed by atoms with E-state index in [4.69, 9.17) is 9.47 Å². The Balaban J connectivity index is 1.64. The molecule has 0 unspecified atom stereocenters. The second-order valence-corrected chi connectivity index (χ2v) is 6.04. The number of ether oxygens (including phenoxy) is 2. The number of nitrogens with one attached hydrogen (secondary N) is 2. The fourth-order valence-corrected chi connectivity index (χ4v) is 2.96. The molecule has 1 aromatic rings. The molecular formula is C18H29N2O3+. The number of para-hydroxylation sites is 2. The van der Waals surface area contributed by atoms with Crippen LogP contribution in [0.3, 0.4) is 0 Å². The largest absolute Gasteiger partial charge is 0.493 e. The maximum absolute atomic E-state index is 12.0. The monoisotopic (exact) mass is 321 g/mol. The zero-order chi connectivity index (χ0) is 16.3. The van der Waals surface area contributed by atoms with Crippen molar-refractivity contribution in [2.24, 2.45) is 0 Å². The van der Waals surface area contributed by atoms with Crippen LogP contribution in [0.15, 0.2) is 24.3 Å². The molecule has 0 spiro atoms. The average Bonchev–Trinajstić information content (AvgIpc) is 2.54. The van der Waals surface area contributed by atoms with Crippen LogP contribution >= 0.6 is 0 Å². The van der Waals surface area contributed by atoms with Crippen molar-refractivity contribution < 1.29 is 19.2 Å². The van der Waals surface area contributed by atoms with E-state index in [-0.39, 0.29) is 5.91 Å². The van der Waals surface area contributed by atoms with Crippen LogP contribution in [-0.4, -0.2) is 45.8 Å². The molecule has 0 atom stereocenters. The van der Waals surface area contributed by atoms with Gasteiger partial charge in [-0.25, -0.2) is 0 Å². The Morgan fingerprint density at radius 3 is 2.43 bits per heavy atom. The van der Waals surface area contributed by atoms with E-state index < -0.39 is 0 Å². The Bertz CT molecular complexity index is 471. The molecule has 5 nitrogen and oxygen atoms in total. The van der Waals surface area contributed by atoms with Gasteiger partial charge in [0.1, 0.15) is 6.61 Å². The third-order valence-electron chi connectivity index (χ3n) is 4.22. The number of amides is 1. The Kier molecular flexibility index (Phi) is 7.73. The van der Waals surface area contributed by atoms with Crippen LogP contribution in [0.25, 0.3) is 0 Å². The predicted octanol–water partition coefficient (Wildman–Crippen LogP) is 1.04. The first-order valence-electron chi connectivity index (χ1n) is 8.65. The molecule has 1 aromatic carbocycles. The van der Waals surface area contributed by atoms with E-state index >= 15 is 0 Å². The standard InChI is InChI=1S/C18H28N2O3/c1-22-16-9-5-6-10-17(16)23-14-11-19-18(21)15-20-12-7-3-2-4-8-13-20/h5-6,9-10H,2-4,7-8,11-15H2,1H3,(H,19,21)/p+1. The molecule has 23 heavy (non-hydrogen) atoms. The van der Waals surface area contributed by atoms with E-state index in [2.05, 4.69) is 5.32 Å². The number of hydrogen-bond acceptors (Lipinski definition) is 3. The molecule has 0 radical (unpaired) electrons. The van der Waals surface area contributed by atoms with Crippen molar-refractivity contribution in [3.05, 3.63) is 24.3 Å². The topological polar surface area (TPSA) is 52.0 Å². The number of carbonyl (C=O) groups excluding carboxylic acids is 1. The van der Waals surface area contributed by atoms with Gasteiger partial charge in [-0.05, 0) is 37.8 Å². The Morgan fingerprint density at radius 2 is 1.74 bits per heavy atom. The zero-order valence-electron chi connectivity index (χ0n) is 14.1. The first-order chi connectivity index (χ1) is 11.3. The van der Waals surface area contributed by atoms with E-state index in [1.54, 1.807) is 7.11 Å². The van der Waals surface area contributed by atoms with Gasteiger partial charge in [0.2, 0.25) is 0 Å². The van der Waals surface area contributed by atoms with Crippen molar-refractivity contribution >= 4 is 5.91 Å². The Hall–Kier alpha value is -1.75. The SMILES string of the molecule is COc1ccccc1OCCNC(=O)C[NH+]1CCCCCCC1. The summed E-state index contributed by atoms with van der Waals surface area (Å²) >= 11 is 0. The second-order valence-electron chi connectivity index (χ2n) is 6.04. The molecule has 1 amide bonds. The molecule has 1 aliphatic heterocycles. The summed E-state index contributed by atoms with van der Waals surface area (Å²) in [6.07, 6.45) is 6.43. The molecule has 1 fully saturated rings. The second kappa shape index (κ2) is 10.1. The molecular weight excluding hydrogens is 292 g/mol. The van der Waals surface area contributed by atoms with Gasteiger partial charge >= 0.3 is 0 Å². The van der Waals surface area contributed by atoms with Gasteiger partial charge in [0.25, 0.3) is 5.91 Å². The zero-order valence-corrected chi connectivity index (χ0v) is 14.1. The maximum atomic E-state index is 12.0. The van der Waals surface area contributed by atoms with Gasteiger partial charge in [0.15, 0.2) is 18.0 Å². The number of methoxy groups -OCH3 is 1. The highest BCUT2D eigenvalue weighted by Crippen LogP contribution is 2.25. The van der Waals surface area contributed by atoms with Crippen LogP contribution in [0.5, 0.6) is 11.5 Å². The van der Waals surface area contributed by atoms with Crippen molar-refractivity contribution in [2.75, 3.05) is 39.9 Å². The molecule has 0 bridgehead atoms. The van der Waals surface area contributed by atoms with E-state index in [9.17, 15) is 4.79 Å². The Morgan fingerprint density at radius 1 is 1.09 bits per heavy atom. The first kappa shape index (κ1) is 17.6. The highest BCUT2D eigenvalue weighted by atomic mass is 16.5. The lowest BCUT2D eigenvalue weighted by atomic mass is 10.1.